The summed E-state index contributed by atoms with van der Waals surface area (Å²) in [5.41, 5.74) is 1.01. The van der Waals surface area contributed by atoms with Crippen LogP contribution in [0.1, 0.15) is 80.6 Å². The van der Waals surface area contributed by atoms with Crippen LogP contribution in [0.2, 0.25) is 0 Å². The quantitative estimate of drug-likeness (QED) is 0.272. The second-order valence-electron chi connectivity index (χ2n) is 6.99. The van der Waals surface area contributed by atoms with E-state index in [9.17, 15) is 14.7 Å². The fourth-order valence-electron chi connectivity index (χ4n) is 3.24. The lowest BCUT2D eigenvalue weighted by Crippen LogP contribution is -2.05. The Morgan fingerprint density at radius 3 is 2.04 bits per heavy atom. The Bertz CT molecular complexity index is 638. The first kappa shape index (κ1) is 23.8. The number of carbonyl (C=O) groups excluding carboxylic acids is 2. The van der Waals surface area contributed by atoms with E-state index in [0.717, 1.165) is 51.4 Å². The minimum Gasteiger partial charge on any atom is -0.504 e. The lowest BCUT2D eigenvalue weighted by molar-refractivity contribution is -0.141. The second kappa shape index (κ2) is 13.0. The van der Waals surface area contributed by atoms with Gasteiger partial charge in [-0.2, -0.15) is 0 Å². The first-order valence-electron chi connectivity index (χ1n) is 10.0. The average molecular weight is 395 g/mol. The minimum absolute atomic E-state index is 0.0681. The maximum atomic E-state index is 12.5. The van der Waals surface area contributed by atoms with Gasteiger partial charge in [0, 0.05) is 13.3 Å². The van der Waals surface area contributed by atoms with Crippen molar-refractivity contribution in [2.75, 3.05) is 20.8 Å². The number of hydrogen-bond donors (Lipinski definition) is 1. The number of methoxy groups -OCH3 is 2. The van der Waals surface area contributed by atoms with Crippen LogP contribution in [0.4, 0.5) is 0 Å². The molecule has 6 nitrogen and oxygen atoms in total. The molecule has 6 heteroatoms. The third-order valence-electron chi connectivity index (χ3n) is 4.72. The van der Waals surface area contributed by atoms with Crippen molar-refractivity contribution in [3.63, 3.8) is 0 Å². The van der Waals surface area contributed by atoms with Crippen LogP contribution in [0, 0.1) is 6.92 Å². The Morgan fingerprint density at radius 2 is 1.50 bits per heavy atom. The number of hydrogen-bond acceptors (Lipinski definition) is 6. The largest absolute Gasteiger partial charge is 0.504 e. The van der Waals surface area contributed by atoms with Crippen LogP contribution in [0.25, 0.3) is 0 Å². The standard InChI is InChI=1S/C22H34O6/c1-16-15-19(26-3)22(27-4)21(25)20(16)18(24)13-11-9-7-5-6-8-10-12-14-28-17(2)23/h15,25H,5-14H2,1-4H3. The molecule has 0 heterocycles. The van der Waals surface area contributed by atoms with Crippen LogP contribution in [0.5, 0.6) is 17.2 Å². The molecule has 0 bridgehead atoms. The van der Waals surface area contributed by atoms with Crippen molar-refractivity contribution in [2.24, 2.45) is 0 Å². The van der Waals surface area contributed by atoms with E-state index in [0.29, 0.717) is 29.9 Å². The van der Waals surface area contributed by atoms with Crippen molar-refractivity contribution in [3.8, 4) is 17.2 Å². The van der Waals surface area contributed by atoms with Gasteiger partial charge in [-0.05, 0) is 31.4 Å². The molecule has 0 aliphatic heterocycles. The van der Waals surface area contributed by atoms with Crippen molar-refractivity contribution in [3.05, 3.63) is 17.2 Å². The topological polar surface area (TPSA) is 82.1 Å². The van der Waals surface area contributed by atoms with E-state index in [1.54, 1.807) is 13.0 Å². The summed E-state index contributed by atoms with van der Waals surface area (Å²) >= 11 is 0. The van der Waals surface area contributed by atoms with Gasteiger partial charge in [0.1, 0.15) is 0 Å². The summed E-state index contributed by atoms with van der Waals surface area (Å²) in [6.07, 6.45) is 8.72. The molecule has 158 valence electrons. The zero-order valence-electron chi connectivity index (χ0n) is 17.6. The van der Waals surface area contributed by atoms with E-state index in [4.69, 9.17) is 14.2 Å². The Hall–Kier alpha value is -2.24. The van der Waals surface area contributed by atoms with Crippen LogP contribution >= 0.6 is 0 Å². The highest BCUT2D eigenvalue weighted by molar-refractivity contribution is 6.01. The molecule has 0 aromatic heterocycles. The monoisotopic (exact) mass is 394 g/mol. The predicted molar refractivity (Wildman–Crippen MR) is 108 cm³/mol. The van der Waals surface area contributed by atoms with Gasteiger partial charge in [0.25, 0.3) is 0 Å². The van der Waals surface area contributed by atoms with Gasteiger partial charge in [-0.3, -0.25) is 9.59 Å². The number of aryl methyl sites for hydroxylation is 1. The molecule has 1 N–H and O–H groups in total. The third-order valence-corrected chi connectivity index (χ3v) is 4.72. The number of aromatic hydroxyl groups is 1. The van der Waals surface area contributed by atoms with Gasteiger partial charge in [0.15, 0.2) is 17.3 Å². The summed E-state index contributed by atoms with van der Waals surface area (Å²) in [5, 5.41) is 10.4. The molecule has 0 spiro atoms. The van der Waals surface area contributed by atoms with Gasteiger partial charge in [-0.1, -0.05) is 38.5 Å². The number of esters is 1. The van der Waals surface area contributed by atoms with Crippen molar-refractivity contribution in [1.29, 1.82) is 0 Å². The second-order valence-corrected chi connectivity index (χ2v) is 6.99. The summed E-state index contributed by atoms with van der Waals surface area (Å²) < 4.78 is 15.3. The van der Waals surface area contributed by atoms with E-state index < -0.39 is 0 Å². The fourth-order valence-corrected chi connectivity index (χ4v) is 3.24. The number of phenols is 1. The van der Waals surface area contributed by atoms with Crippen LogP contribution < -0.4 is 9.47 Å². The van der Waals surface area contributed by atoms with Crippen molar-refractivity contribution >= 4 is 11.8 Å². The lowest BCUT2D eigenvalue weighted by atomic mass is 9.97. The summed E-state index contributed by atoms with van der Waals surface area (Å²) in [7, 11) is 2.94. The Balaban J connectivity index is 2.28. The number of phenolic OH excluding ortho intramolecular Hbond substituents is 1. The Morgan fingerprint density at radius 1 is 0.929 bits per heavy atom. The summed E-state index contributed by atoms with van der Waals surface area (Å²) in [6, 6.07) is 1.72. The third kappa shape index (κ3) is 7.79. The molecule has 0 saturated heterocycles. The highest BCUT2D eigenvalue weighted by Crippen LogP contribution is 2.41. The van der Waals surface area contributed by atoms with Crippen LogP contribution in [0.3, 0.4) is 0 Å². The number of ether oxygens (including phenoxy) is 3. The highest BCUT2D eigenvalue weighted by atomic mass is 16.5. The molecular weight excluding hydrogens is 360 g/mol. The van der Waals surface area contributed by atoms with E-state index in [2.05, 4.69) is 0 Å². The molecule has 28 heavy (non-hydrogen) atoms. The van der Waals surface area contributed by atoms with Gasteiger partial charge in [0.05, 0.1) is 26.4 Å². The number of rotatable bonds is 14. The van der Waals surface area contributed by atoms with Gasteiger partial charge in [-0.15, -0.1) is 0 Å². The maximum Gasteiger partial charge on any atom is 0.302 e. The zero-order chi connectivity index (χ0) is 20.9. The molecule has 0 radical (unpaired) electrons. The number of carbonyl (C=O) groups is 2. The predicted octanol–water partition coefficient (Wildman–Crippen LogP) is 4.97. The van der Waals surface area contributed by atoms with Crippen molar-refractivity contribution in [2.45, 2.75) is 71.6 Å². The molecule has 0 unspecified atom stereocenters. The number of unbranched alkanes of at least 4 members (excludes halogenated alkanes) is 7. The van der Waals surface area contributed by atoms with Crippen molar-refractivity contribution < 1.29 is 28.9 Å². The molecule has 0 amide bonds. The van der Waals surface area contributed by atoms with E-state index in [1.165, 1.54) is 21.1 Å². The van der Waals surface area contributed by atoms with E-state index >= 15 is 0 Å². The first-order valence-corrected chi connectivity index (χ1v) is 10.0. The number of ketones is 1. The molecule has 0 fully saturated rings. The van der Waals surface area contributed by atoms with Gasteiger partial charge < -0.3 is 19.3 Å². The molecule has 0 saturated carbocycles. The molecule has 1 aromatic rings. The molecule has 1 aromatic carbocycles. The fraction of sp³-hybridized carbons (Fsp3) is 0.636. The molecular formula is C22H34O6. The normalized spacial score (nSPS) is 10.6. The van der Waals surface area contributed by atoms with Crippen LogP contribution in [-0.2, 0) is 9.53 Å². The molecule has 0 atom stereocenters. The van der Waals surface area contributed by atoms with Gasteiger partial charge in [-0.25, -0.2) is 0 Å². The molecule has 0 aliphatic rings. The maximum absolute atomic E-state index is 12.5. The smallest absolute Gasteiger partial charge is 0.302 e. The van der Waals surface area contributed by atoms with Gasteiger partial charge >= 0.3 is 5.97 Å². The van der Waals surface area contributed by atoms with E-state index in [1.807, 2.05) is 0 Å². The first-order chi connectivity index (χ1) is 13.4. The van der Waals surface area contributed by atoms with Crippen LogP contribution in [-0.4, -0.2) is 37.7 Å². The van der Waals surface area contributed by atoms with Crippen LogP contribution in [0.15, 0.2) is 6.07 Å². The Labute approximate surface area is 168 Å². The number of Topliss-reactive ketones (excluding diaryl/α,β-unsaturated/α-hetero) is 1. The SMILES string of the molecule is COc1cc(C)c(C(=O)CCCCCCCCCCOC(C)=O)c(O)c1OC. The molecule has 0 aliphatic carbocycles. The van der Waals surface area contributed by atoms with Gasteiger partial charge in [0.2, 0.25) is 5.75 Å². The average Bonchev–Trinajstić information content (AvgIpc) is 2.65. The van der Waals surface area contributed by atoms with E-state index in [-0.39, 0.29) is 23.3 Å². The summed E-state index contributed by atoms with van der Waals surface area (Å²) in [5.74, 6) is 0.192. The lowest BCUT2D eigenvalue weighted by Gasteiger charge is -2.15. The van der Waals surface area contributed by atoms with Crippen molar-refractivity contribution in [1.82, 2.24) is 0 Å². The molecule has 1 rings (SSSR count). The highest BCUT2D eigenvalue weighted by Gasteiger charge is 2.21. The zero-order valence-corrected chi connectivity index (χ0v) is 17.6. The number of benzene rings is 1. The summed E-state index contributed by atoms with van der Waals surface area (Å²) in [4.78, 5) is 23.2. The Kier molecular flexibility index (Phi) is 11.1. The summed E-state index contributed by atoms with van der Waals surface area (Å²) in [6.45, 7) is 3.73. The minimum atomic E-state index is -0.217.